The smallest absolute Gasteiger partial charge is 0.220 e. The van der Waals surface area contributed by atoms with Crippen molar-refractivity contribution in [2.45, 2.75) is 58.5 Å². The van der Waals surface area contributed by atoms with Crippen LogP contribution in [0.4, 0.5) is 5.69 Å². The third kappa shape index (κ3) is 7.95. The van der Waals surface area contributed by atoms with Crippen molar-refractivity contribution in [3.05, 3.63) is 69.4 Å². The lowest BCUT2D eigenvalue weighted by atomic mass is 9.95. The highest BCUT2D eigenvalue weighted by Gasteiger charge is 2.29. The van der Waals surface area contributed by atoms with Gasteiger partial charge in [0, 0.05) is 25.5 Å². The largest absolute Gasteiger partial charge is 0.493 e. The first-order valence-electron chi connectivity index (χ1n) is 16.1. The van der Waals surface area contributed by atoms with Crippen LogP contribution >= 0.6 is 0 Å². The quantitative estimate of drug-likeness (QED) is 0.189. The molecule has 3 N–H and O–H groups in total. The van der Waals surface area contributed by atoms with Gasteiger partial charge in [0.15, 0.2) is 23.0 Å². The van der Waals surface area contributed by atoms with Crippen LogP contribution in [0.5, 0.6) is 28.7 Å². The van der Waals surface area contributed by atoms with Gasteiger partial charge in [0.1, 0.15) is 0 Å². The van der Waals surface area contributed by atoms with Crippen LogP contribution in [0.1, 0.15) is 68.8 Å². The van der Waals surface area contributed by atoms with E-state index in [9.17, 15) is 14.4 Å². The molecule has 0 saturated carbocycles. The van der Waals surface area contributed by atoms with Gasteiger partial charge in [-0.25, -0.2) is 0 Å². The molecule has 0 heterocycles. The van der Waals surface area contributed by atoms with Crippen LogP contribution in [0.15, 0.2) is 47.3 Å². The number of fused-ring (bicyclic) bond motifs is 3. The molecule has 0 radical (unpaired) electrons. The molecule has 0 aromatic heterocycles. The van der Waals surface area contributed by atoms with Crippen LogP contribution < -0.4 is 45.1 Å². The number of nitrogens with one attached hydrogen (secondary N) is 3. The number of carbonyl (C=O) groups excluding carboxylic acids is 2. The van der Waals surface area contributed by atoms with Gasteiger partial charge in [-0.05, 0) is 77.8 Å². The molecule has 2 amide bonds. The van der Waals surface area contributed by atoms with Crippen molar-refractivity contribution in [3.8, 4) is 39.9 Å². The Morgan fingerprint density at radius 1 is 0.854 bits per heavy atom. The zero-order chi connectivity index (χ0) is 35.0. The summed E-state index contributed by atoms with van der Waals surface area (Å²) in [7, 11) is 7.85. The van der Waals surface area contributed by atoms with Gasteiger partial charge in [-0.1, -0.05) is 26.0 Å². The zero-order valence-corrected chi connectivity index (χ0v) is 29.1. The third-order valence-electron chi connectivity index (χ3n) is 8.56. The topological polar surface area (TPSA) is 133 Å². The van der Waals surface area contributed by atoms with E-state index in [1.165, 1.54) is 6.92 Å². The molecule has 0 aliphatic heterocycles. The van der Waals surface area contributed by atoms with Gasteiger partial charge >= 0.3 is 0 Å². The molecule has 0 spiro atoms. The van der Waals surface area contributed by atoms with Crippen LogP contribution in [0.3, 0.4) is 0 Å². The standard InChI is InChI=1S/C37H47N3O8/c1-21(2)35(24-12-16-30(44-4)31(19-24)45-5)40-33(43)10-9-17-38-28-15-13-25-26(20-29(28)42)27(39-22(3)41)14-11-23-18-32(46-6)36(47-7)37(48-8)34(23)25/h12-13,15-16,18-21,27,35H,9-11,14,17H2,1-8H3,(H,38,42)(H,39,41)(H,40,43)/t27-,35?/m0/s1. The molecule has 1 unspecified atom stereocenters. The van der Waals surface area contributed by atoms with E-state index in [2.05, 4.69) is 16.0 Å². The number of hydrogen-bond acceptors (Lipinski definition) is 9. The second kappa shape index (κ2) is 16.3. The lowest BCUT2D eigenvalue weighted by Gasteiger charge is -2.24. The number of aryl methyl sites for hydroxylation is 1. The highest BCUT2D eigenvalue weighted by atomic mass is 16.5. The van der Waals surface area contributed by atoms with Crippen molar-refractivity contribution < 1.29 is 33.3 Å². The molecular formula is C37H47N3O8. The van der Waals surface area contributed by atoms with Crippen molar-refractivity contribution in [1.82, 2.24) is 10.6 Å². The molecule has 48 heavy (non-hydrogen) atoms. The summed E-state index contributed by atoms with van der Waals surface area (Å²) in [6, 6.07) is 12.1. The molecule has 0 bridgehead atoms. The molecule has 1 aliphatic rings. The second-order valence-electron chi connectivity index (χ2n) is 12.0. The zero-order valence-electron chi connectivity index (χ0n) is 29.1. The van der Waals surface area contributed by atoms with Gasteiger partial charge in [0.05, 0.1) is 53.3 Å². The monoisotopic (exact) mass is 661 g/mol. The predicted molar refractivity (Wildman–Crippen MR) is 186 cm³/mol. The number of anilines is 1. The fraction of sp³-hybridized carbons (Fsp3) is 0.432. The predicted octanol–water partition coefficient (Wildman–Crippen LogP) is 5.59. The summed E-state index contributed by atoms with van der Waals surface area (Å²) < 4.78 is 27.9. The molecule has 2 atom stereocenters. The molecule has 0 fully saturated rings. The number of carbonyl (C=O) groups is 2. The molecule has 11 heteroatoms. The van der Waals surface area contributed by atoms with Gasteiger partial charge in [-0.3, -0.25) is 14.4 Å². The summed E-state index contributed by atoms with van der Waals surface area (Å²) in [4.78, 5) is 38.8. The summed E-state index contributed by atoms with van der Waals surface area (Å²) in [6.45, 7) is 5.96. The average Bonchev–Trinajstić information content (AvgIpc) is 3.32. The molecular weight excluding hydrogens is 614 g/mol. The van der Waals surface area contributed by atoms with E-state index in [0.29, 0.717) is 65.8 Å². The van der Waals surface area contributed by atoms with Crippen LogP contribution in [-0.2, 0) is 16.0 Å². The van der Waals surface area contributed by atoms with Crippen LogP contribution in [0, 0.1) is 5.92 Å². The number of hydrogen-bond donors (Lipinski definition) is 3. The Balaban J connectivity index is 1.56. The molecule has 1 aliphatic carbocycles. The summed E-state index contributed by atoms with van der Waals surface area (Å²) in [5.74, 6) is 2.54. The van der Waals surface area contributed by atoms with Gasteiger partial charge in [-0.2, -0.15) is 0 Å². The maximum absolute atomic E-state index is 13.6. The Morgan fingerprint density at radius 2 is 1.56 bits per heavy atom. The minimum absolute atomic E-state index is 0.0933. The fourth-order valence-corrected chi connectivity index (χ4v) is 6.25. The Bertz CT molecular complexity index is 1690. The summed E-state index contributed by atoms with van der Waals surface area (Å²) in [6.07, 6.45) is 1.95. The van der Waals surface area contributed by atoms with Crippen molar-refractivity contribution in [2.75, 3.05) is 47.4 Å². The summed E-state index contributed by atoms with van der Waals surface area (Å²) in [5, 5.41) is 9.39. The van der Waals surface area contributed by atoms with E-state index >= 15 is 0 Å². The number of methoxy groups -OCH3 is 5. The lowest BCUT2D eigenvalue weighted by Crippen LogP contribution is -2.32. The first kappa shape index (κ1) is 35.9. The van der Waals surface area contributed by atoms with Crippen LogP contribution in [0.25, 0.3) is 11.1 Å². The Labute approximate surface area is 282 Å². The maximum Gasteiger partial charge on any atom is 0.220 e. The maximum atomic E-state index is 13.6. The van der Waals surface area contributed by atoms with E-state index in [-0.39, 0.29) is 35.6 Å². The molecule has 4 rings (SSSR count). The highest BCUT2D eigenvalue weighted by Crippen LogP contribution is 2.50. The first-order chi connectivity index (χ1) is 23.1. The second-order valence-corrected chi connectivity index (χ2v) is 12.0. The number of benzene rings is 2. The molecule has 3 aromatic rings. The van der Waals surface area contributed by atoms with Crippen molar-refractivity contribution in [2.24, 2.45) is 5.92 Å². The van der Waals surface area contributed by atoms with Gasteiger partial charge in [-0.15, -0.1) is 0 Å². The lowest BCUT2D eigenvalue weighted by molar-refractivity contribution is -0.122. The van der Waals surface area contributed by atoms with E-state index < -0.39 is 6.04 Å². The SMILES string of the molecule is COc1ccc(C(NC(=O)CCCNc2ccc3c(cc2=O)[C@@H](NC(C)=O)CCc2cc(OC)c(OC)c(OC)c2-3)C(C)C)cc1OC. The Morgan fingerprint density at radius 3 is 2.19 bits per heavy atom. The van der Waals surface area contributed by atoms with E-state index in [1.807, 2.05) is 44.2 Å². The number of rotatable bonds is 14. The van der Waals surface area contributed by atoms with Gasteiger partial charge in [0.25, 0.3) is 0 Å². The molecule has 0 saturated heterocycles. The third-order valence-corrected chi connectivity index (χ3v) is 8.56. The Hall–Kier alpha value is -4.93. The summed E-state index contributed by atoms with van der Waals surface area (Å²) >= 11 is 0. The summed E-state index contributed by atoms with van der Waals surface area (Å²) in [5.41, 5.74) is 4.24. The van der Waals surface area contributed by atoms with Crippen molar-refractivity contribution in [3.63, 3.8) is 0 Å². The van der Waals surface area contributed by atoms with Crippen LogP contribution in [0.2, 0.25) is 0 Å². The first-order valence-corrected chi connectivity index (χ1v) is 16.1. The molecule has 11 nitrogen and oxygen atoms in total. The number of ether oxygens (including phenoxy) is 5. The van der Waals surface area contributed by atoms with Gasteiger partial charge in [0.2, 0.25) is 23.0 Å². The van der Waals surface area contributed by atoms with Gasteiger partial charge < -0.3 is 39.6 Å². The van der Waals surface area contributed by atoms with E-state index in [0.717, 1.165) is 22.3 Å². The molecule has 3 aromatic carbocycles. The average molecular weight is 662 g/mol. The Kier molecular flexibility index (Phi) is 12.2. The minimum Gasteiger partial charge on any atom is -0.493 e. The normalized spacial score (nSPS) is 14.1. The van der Waals surface area contributed by atoms with Crippen molar-refractivity contribution in [1.29, 1.82) is 0 Å². The van der Waals surface area contributed by atoms with E-state index in [4.69, 9.17) is 23.7 Å². The van der Waals surface area contributed by atoms with Crippen LogP contribution in [-0.4, -0.2) is 53.9 Å². The van der Waals surface area contributed by atoms with Crippen molar-refractivity contribution >= 4 is 17.5 Å². The minimum atomic E-state index is -0.400. The highest BCUT2D eigenvalue weighted by molar-refractivity contribution is 5.84. The van der Waals surface area contributed by atoms with E-state index in [1.54, 1.807) is 47.7 Å². The fourth-order valence-electron chi connectivity index (χ4n) is 6.25. The molecule has 258 valence electrons. The number of amides is 2.